The first-order valence-electron chi connectivity index (χ1n) is 20.6. The van der Waals surface area contributed by atoms with E-state index in [9.17, 15) is 39.0 Å². The minimum atomic E-state index is -1.14. The monoisotopic (exact) mass is 820 g/mol. The molecule has 1 fully saturated rings. The third kappa shape index (κ3) is 17.3. The number of nitrogens with zero attached hydrogens (tertiary/aromatic N) is 1. The predicted octanol–water partition coefficient (Wildman–Crippen LogP) is 4.53. The van der Waals surface area contributed by atoms with Gasteiger partial charge < -0.3 is 35.2 Å². The molecule has 2 rings (SSSR count). The molecule has 0 aliphatic carbocycles. The topological polar surface area (TPSA) is 191 Å². The number of aliphatic hydroxyl groups excluding tert-OH is 2. The summed E-state index contributed by atoms with van der Waals surface area (Å²) in [5, 5.41) is 28.7. The Morgan fingerprint density at radius 2 is 1.69 bits per heavy atom. The van der Waals surface area contributed by atoms with Gasteiger partial charge in [0.1, 0.15) is 30.3 Å². The number of aldehydes is 1. The Kier molecular flexibility index (Phi) is 21.6. The lowest BCUT2D eigenvalue weighted by Crippen LogP contribution is -2.61. The van der Waals surface area contributed by atoms with Gasteiger partial charge in [0.05, 0.1) is 18.2 Å². The lowest BCUT2D eigenvalue weighted by molar-refractivity contribution is -0.156. The van der Waals surface area contributed by atoms with Crippen LogP contribution in [0.5, 0.6) is 0 Å². The number of amides is 2. The molecular formula is C46H68N4O9. The fraction of sp³-hybridized carbons (Fsp3) is 0.565. The number of esters is 1. The van der Waals surface area contributed by atoms with Crippen LogP contribution < -0.4 is 16.1 Å². The van der Waals surface area contributed by atoms with Gasteiger partial charge in [0, 0.05) is 43.1 Å². The van der Waals surface area contributed by atoms with Crippen LogP contribution in [0.25, 0.3) is 0 Å². The lowest BCUT2D eigenvalue weighted by Gasteiger charge is -2.36. The molecule has 1 aliphatic heterocycles. The Hall–Kier alpha value is -4.56. The molecule has 0 saturated carbocycles. The van der Waals surface area contributed by atoms with E-state index < -0.39 is 59.7 Å². The van der Waals surface area contributed by atoms with Gasteiger partial charge in [0.2, 0.25) is 5.91 Å². The van der Waals surface area contributed by atoms with Gasteiger partial charge in [0.25, 0.3) is 5.91 Å². The number of nitrogens with one attached hydrogen (secondary N) is 3. The SMILES string of the molecule is CNC(C(=O)NC(Cc1ccccc1)C(=O)N1CCCC(C(=O)O[C@@H](C/C=C/C=C/[C@H](O)C(C)C(O)C(C=O)CCC(C)=O)/C(C)=C/C=C/C(=O)C(C)(C)C)N1)C(C)C. The molecule has 6 unspecified atom stereocenters. The zero-order chi connectivity index (χ0) is 44.3. The number of likely N-dealkylation sites (N-methyl/N-ethyl adjacent to an activating group) is 1. The van der Waals surface area contributed by atoms with E-state index in [0.29, 0.717) is 31.2 Å². The number of rotatable bonds is 23. The molecule has 326 valence electrons. The van der Waals surface area contributed by atoms with Gasteiger partial charge in [-0.2, -0.15) is 0 Å². The summed E-state index contributed by atoms with van der Waals surface area (Å²) in [4.78, 5) is 76.6. The van der Waals surface area contributed by atoms with E-state index in [4.69, 9.17) is 4.74 Å². The normalized spacial score (nSPS) is 18.9. The first kappa shape index (κ1) is 50.6. The van der Waals surface area contributed by atoms with Crippen molar-refractivity contribution in [2.75, 3.05) is 13.6 Å². The highest BCUT2D eigenvalue weighted by atomic mass is 16.5. The first-order valence-corrected chi connectivity index (χ1v) is 20.6. The Morgan fingerprint density at radius 1 is 1.02 bits per heavy atom. The summed E-state index contributed by atoms with van der Waals surface area (Å²) in [5.74, 6) is -2.91. The largest absolute Gasteiger partial charge is 0.456 e. The van der Waals surface area contributed by atoms with Crippen LogP contribution >= 0.6 is 0 Å². The van der Waals surface area contributed by atoms with E-state index >= 15 is 0 Å². The highest BCUT2D eigenvalue weighted by Gasteiger charge is 2.35. The minimum Gasteiger partial charge on any atom is -0.456 e. The Morgan fingerprint density at radius 3 is 2.29 bits per heavy atom. The molecule has 59 heavy (non-hydrogen) atoms. The molecule has 0 spiro atoms. The fourth-order valence-corrected chi connectivity index (χ4v) is 6.49. The van der Waals surface area contributed by atoms with Crippen molar-refractivity contribution in [1.82, 2.24) is 21.1 Å². The van der Waals surface area contributed by atoms with Crippen LogP contribution in [0.15, 0.2) is 78.4 Å². The lowest BCUT2D eigenvalue weighted by atomic mass is 9.86. The van der Waals surface area contributed by atoms with Crippen LogP contribution in [0.4, 0.5) is 0 Å². The summed E-state index contributed by atoms with van der Waals surface area (Å²) in [6.45, 7) is 14.4. The molecule has 1 aromatic carbocycles. The molecule has 8 atom stereocenters. The van der Waals surface area contributed by atoms with Crippen LogP contribution in [0, 0.1) is 23.2 Å². The van der Waals surface area contributed by atoms with Crippen molar-refractivity contribution in [3.05, 3.63) is 84.0 Å². The summed E-state index contributed by atoms with van der Waals surface area (Å²) in [7, 11) is 1.70. The quantitative estimate of drug-likeness (QED) is 0.0452. The van der Waals surface area contributed by atoms with E-state index in [0.717, 1.165) is 5.56 Å². The van der Waals surface area contributed by atoms with Gasteiger partial charge in [-0.3, -0.25) is 24.2 Å². The number of benzene rings is 1. The number of carbonyl (C=O) groups excluding carboxylic acids is 6. The first-order chi connectivity index (χ1) is 27.8. The number of hydrogen-bond donors (Lipinski definition) is 5. The van der Waals surface area contributed by atoms with Crippen LogP contribution in [-0.4, -0.2) is 101 Å². The Bertz CT molecular complexity index is 1660. The number of hydrazine groups is 1. The second kappa shape index (κ2) is 25.2. The molecule has 13 heteroatoms. The van der Waals surface area contributed by atoms with Crippen molar-refractivity contribution < 1.29 is 43.7 Å². The molecular weight excluding hydrogens is 753 g/mol. The number of Topliss-reactive ketones (excluding diaryl/α,β-unsaturated/α-hetero) is 1. The van der Waals surface area contributed by atoms with Crippen LogP contribution in [0.2, 0.25) is 0 Å². The summed E-state index contributed by atoms with van der Waals surface area (Å²) >= 11 is 0. The van der Waals surface area contributed by atoms with Gasteiger partial charge in [0.15, 0.2) is 5.78 Å². The zero-order valence-electron chi connectivity index (χ0n) is 36.4. The maximum absolute atomic E-state index is 14.1. The molecule has 0 radical (unpaired) electrons. The van der Waals surface area contributed by atoms with Crippen LogP contribution in [-0.2, 0) is 39.9 Å². The molecule has 1 saturated heterocycles. The Labute approximate surface area is 350 Å². The Balaban J connectivity index is 2.26. The third-order valence-electron chi connectivity index (χ3n) is 10.4. The summed E-state index contributed by atoms with van der Waals surface area (Å²) < 4.78 is 6.05. The minimum absolute atomic E-state index is 0.0211. The van der Waals surface area contributed by atoms with E-state index in [2.05, 4.69) is 16.1 Å². The number of ether oxygens (including phenoxy) is 1. The maximum Gasteiger partial charge on any atom is 0.325 e. The van der Waals surface area contributed by atoms with Crippen molar-refractivity contribution in [3.8, 4) is 0 Å². The van der Waals surface area contributed by atoms with Gasteiger partial charge in [-0.1, -0.05) is 108 Å². The van der Waals surface area contributed by atoms with Crippen LogP contribution in [0.1, 0.15) is 93.1 Å². The van der Waals surface area contributed by atoms with Crippen molar-refractivity contribution in [3.63, 3.8) is 0 Å². The number of hydrogen-bond acceptors (Lipinski definition) is 11. The van der Waals surface area contributed by atoms with E-state index in [-0.39, 0.29) is 55.0 Å². The molecule has 1 heterocycles. The molecule has 1 aromatic rings. The van der Waals surface area contributed by atoms with Gasteiger partial charge in [-0.05, 0) is 63.3 Å². The zero-order valence-corrected chi connectivity index (χ0v) is 36.4. The van der Waals surface area contributed by atoms with E-state index in [1.807, 2.05) is 65.0 Å². The third-order valence-corrected chi connectivity index (χ3v) is 10.4. The highest BCUT2D eigenvalue weighted by molar-refractivity contribution is 5.94. The molecule has 0 aromatic heterocycles. The van der Waals surface area contributed by atoms with Gasteiger partial charge >= 0.3 is 5.97 Å². The van der Waals surface area contributed by atoms with E-state index in [1.54, 1.807) is 51.3 Å². The van der Waals surface area contributed by atoms with Gasteiger partial charge in [-0.25, -0.2) is 5.43 Å². The second-order valence-electron chi connectivity index (χ2n) is 16.8. The van der Waals surface area contributed by atoms with E-state index in [1.165, 1.54) is 24.1 Å². The number of ketones is 2. The molecule has 0 bridgehead atoms. The smallest absolute Gasteiger partial charge is 0.325 e. The van der Waals surface area contributed by atoms with Crippen LogP contribution in [0.3, 0.4) is 0 Å². The fourth-order valence-electron chi connectivity index (χ4n) is 6.49. The van der Waals surface area contributed by atoms with Crippen molar-refractivity contribution >= 4 is 35.6 Å². The second-order valence-corrected chi connectivity index (χ2v) is 16.8. The molecule has 1 aliphatic rings. The molecule has 13 nitrogen and oxygen atoms in total. The number of aliphatic hydroxyl groups is 2. The number of allylic oxidation sites excluding steroid dienone is 5. The highest BCUT2D eigenvalue weighted by Crippen LogP contribution is 2.22. The van der Waals surface area contributed by atoms with Crippen molar-refractivity contribution in [1.29, 1.82) is 0 Å². The molecule has 2 amide bonds. The average Bonchev–Trinajstić information content (AvgIpc) is 3.19. The van der Waals surface area contributed by atoms with Crippen molar-refractivity contribution in [2.45, 2.75) is 130 Å². The summed E-state index contributed by atoms with van der Waals surface area (Å²) in [6, 6.07) is 7.13. The van der Waals surface area contributed by atoms with Gasteiger partial charge in [-0.15, -0.1) is 0 Å². The average molecular weight is 821 g/mol. The summed E-state index contributed by atoms with van der Waals surface area (Å²) in [6.07, 6.45) is 10.7. The molecule has 5 N–H and O–H groups in total. The standard InChI is InChI=1S/C46H68N4O9/c1-30(2)41(47-9)43(56)48-37(28-34-19-12-10-13-20-34)44(57)50-27-17-21-36(49-50)45(58)59-39(31(3)18-16-24-40(54)46(6,7)8)23-15-11-14-22-38(53)33(5)42(55)35(29-51)26-25-32(4)52/h10-16,18-20,22,24,29-30,33,35-39,41-42,47,49,53,55H,17,21,23,25-28H2,1-9H3,(H,48,56)/b15-11+,22-14+,24-16+,31-18+/t33?,35?,36?,37?,38-,39-,41?,42?/m0/s1. The number of carbonyl (C=O) groups is 6. The maximum atomic E-state index is 14.1. The van der Waals surface area contributed by atoms with Crippen molar-refractivity contribution in [2.24, 2.45) is 23.2 Å². The predicted molar refractivity (Wildman–Crippen MR) is 228 cm³/mol. The summed E-state index contributed by atoms with van der Waals surface area (Å²) in [5.41, 5.74) is 4.02.